The van der Waals surface area contributed by atoms with Crippen molar-refractivity contribution in [3.05, 3.63) is 29.6 Å². The van der Waals surface area contributed by atoms with Crippen molar-refractivity contribution in [1.82, 2.24) is 15.6 Å². The van der Waals surface area contributed by atoms with Gasteiger partial charge in [-0.05, 0) is 31.5 Å². The Morgan fingerprint density at radius 2 is 2.15 bits per heavy atom. The summed E-state index contributed by atoms with van der Waals surface area (Å²) in [4.78, 5) is 15.2. The van der Waals surface area contributed by atoms with Crippen LogP contribution in [-0.2, 0) is 6.18 Å². The number of amides is 1. The molecule has 4 nitrogen and oxygen atoms in total. The predicted octanol–water partition coefficient (Wildman–Crippen LogP) is 1.97. The summed E-state index contributed by atoms with van der Waals surface area (Å²) in [6.45, 7) is 1.61. The highest BCUT2D eigenvalue weighted by Crippen LogP contribution is 2.27. The molecule has 0 saturated carbocycles. The normalized spacial score (nSPS) is 20.2. The molecule has 0 aliphatic carbocycles. The molecule has 1 unspecified atom stereocenters. The largest absolute Gasteiger partial charge is 0.433 e. The van der Waals surface area contributed by atoms with E-state index in [0.717, 1.165) is 44.1 Å². The maximum atomic E-state index is 12.4. The van der Waals surface area contributed by atoms with Gasteiger partial charge in [0.05, 0.1) is 5.56 Å². The van der Waals surface area contributed by atoms with Gasteiger partial charge in [0.1, 0.15) is 5.69 Å². The molecule has 1 aromatic heterocycles. The molecule has 1 aliphatic rings. The van der Waals surface area contributed by atoms with Crippen LogP contribution in [0.15, 0.2) is 18.3 Å². The van der Waals surface area contributed by atoms with E-state index in [1.54, 1.807) is 0 Å². The molecule has 0 bridgehead atoms. The van der Waals surface area contributed by atoms with E-state index in [2.05, 4.69) is 15.6 Å². The average Bonchev–Trinajstić information content (AvgIpc) is 2.66. The second-order valence-corrected chi connectivity index (χ2v) is 4.80. The molecule has 1 fully saturated rings. The van der Waals surface area contributed by atoms with Gasteiger partial charge in [0.25, 0.3) is 5.91 Å². The number of halogens is 3. The van der Waals surface area contributed by atoms with Gasteiger partial charge < -0.3 is 10.6 Å². The fourth-order valence-electron chi connectivity index (χ4n) is 2.11. The summed E-state index contributed by atoms with van der Waals surface area (Å²) in [5.41, 5.74) is -0.854. The third-order valence-electron chi connectivity index (χ3n) is 3.20. The molecule has 2 rings (SSSR count). The Morgan fingerprint density at radius 1 is 1.35 bits per heavy atom. The maximum absolute atomic E-state index is 12.4. The molecule has 20 heavy (non-hydrogen) atoms. The van der Waals surface area contributed by atoms with Crippen molar-refractivity contribution in [1.29, 1.82) is 0 Å². The second-order valence-electron chi connectivity index (χ2n) is 4.80. The molecule has 0 aromatic carbocycles. The molecule has 1 saturated heterocycles. The Labute approximate surface area is 114 Å². The molecule has 2 N–H and O–H groups in total. The van der Waals surface area contributed by atoms with Crippen molar-refractivity contribution < 1.29 is 18.0 Å². The van der Waals surface area contributed by atoms with Crippen LogP contribution in [0, 0.1) is 0 Å². The van der Waals surface area contributed by atoms with E-state index in [1.165, 1.54) is 0 Å². The van der Waals surface area contributed by atoms with Crippen molar-refractivity contribution in [3.8, 4) is 0 Å². The Kier molecular flexibility index (Phi) is 4.59. The van der Waals surface area contributed by atoms with Gasteiger partial charge in [0, 0.05) is 18.8 Å². The third-order valence-corrected chi connectivity index (χ3v) is 3.20. The van der Waals surface area contributed by atoms with Crippen LogP contribution in [0.5, 0.6) is 0 Å². The van der Waals surface area contributed by atoms with E-state index in [9.17, 15) is 18.0 Å². The minimum atomic E-state index is -4.49. The molecule has 0 spiro atoms. The topological polar surface area (TPSA) is 54.0 Å². The van der Waals surface area contributed by atoms with E-state index in [0.29, 0.717) is 6.54 Å². The first-order chi connectivity index (χ1) is 9.47. The molecule has 1 amide bonds. The summed E-state index contributed by atoms with van der Waals surface area (Å²) in [5, 5.41) is 6.01. The number of nitrogens with zero attached hydrogens (tertiary/aromatic N) is 1. The van der Waals surface area contributed by atoms with Gasteiger partial charge in [-0.3, -0.25) is 9.78 Å². The summed E-state index contributed by atoms with van der Waals surface area (Å²) in [6.07, 6.45) is -0.577. The van der Waals surface area contributed by atoms with Crippen molar-refractivity contribution in [2.24, 2.45) is 0 Å². The Balaban J connectivity index is 1.98. The lowest BCUT2D eigenvalue weighted by atomic mass is 10.1. The van der Waals surface area contributed by atoms with Crippen LogP contribution >= 0.6 is 0 Å². The highest BCUT2D eigenvalue weighted by Gasteiger charge is 2.32. The number of carbonyl (C=O) groups is 1. The van der Waals surface area contributed by atoms with Crippen LogP contribution in [0.25, 0.3) is 0 Å². The van der Waals surface area contributed by atoms with Crippen molar-refractivity contribution in [2.45, 2.75) is 31.5 Å². The first-order valence-electron chi connectivity index (χ1n) is 6.51. The zero-order valence-corrected chi connectivity index (χ0v) is 10.8. The summed E-state index contributed by atoms with van der Waals surface area (Å²) >= 11 is 0. The maximum Gasteiger partial charge on any atom is 0.433 e. The first kappa shape index (κ1) is 14.8. The fourth-order valence-corrected chi connectivity index (χ4v) is 2.11. The molecule has 1 aliphatic heterocycles. The molecule has 2 heterocycles. The van der Waals surface area contributed by atoms with Gasteiger partial charge in [0.15, 0.2) is 0 Å². The molecular formula is C13H16F3N3O. The highest BCUT2D eigenvalue weighted by molar-refractivity contribution is 5.94. The Bertz CT molecular complexity index is 451. The van der Waals surface area contributed by atoms with Crippen LogP contribution in [0.2, 0.25) is 0 Å². The smallest absolute Gasteiger partial charge is 0.348 e. The van der Waals surface area contributed by atoms with Gasteiger partial charge in [-0.1, -0.05) is 6.42 Å². The monoisotopic (exact) mass is 287 g/mol. The number of carbonyl (C=O) groups excluding carboxylic acids is 1. The molecule has 110 valence electrons. The van der Waals surface area contributed by atoms with E-state index >= 15 is 0 Å². The molecule has 1 aromatic rings. The van der Waals surface area contributed by atoms with Gasteiger partial charge in [-0.2, -0.15) is 13.2 Å². The van der Waals surface area contributed by atoms with Gasteiger partial charge in [0.2, 0.25) is 0 Å². The molecular weight excluding hydrogens is 271 g/mol. The lowest BCUT2D eigenvalue weighted by Gasteiger charge is -2.16. The number of hydrogen-bond donors (Lipinski definition) is 2. The van der Waals surface area contributed by atoms with Gasteiger partial charge >= 0.3 is 6.18 Å². The number of aromatic nitrogens is 1. The SMILES string of the molecule is O=C(NC1CCCCNC1)c1ccc(C(F)(F)F)nc1. The number of rotatable bonds is 2. The molecule has 1 atom stereocenters. The average molecular weight is 287 g/mol. The van der Waals surface area contributed by atoms with Crippen LogP contribution < -0.4 is 10.6 Å². The van der Waals surface area contributed by atoms with E-state index in [4.69, 9.17) is 0 Å². The van der Waals surface area contributed by atoms with Crippen LogP contribution in [-0.4, -0.2) is 30.0 Å². The van der Waals surface area contributed by atoms with E-state index in [-0.39, 0.29) is 17.5 Å². The summed E-state index contributed by atoms with van der Waals surface area (Å²) in [6, 6.07) is 1.97. The number of nitrogens with one attached hydrogen (secondary N) is 2. The molecule has 0 radical (unpaired) electrons. The summed E-state index contributed by atoms with van der Waals surface area (Å²) < 4.78 is 37.1. The van der Waals surface area contributed by atoms with Gasteiger partial charge in [-0.15, -0.1) is 0 Å². The van der Waals surface area contributed by atoms with Crippen molar-refractivity contribution in [3.63, 3.8) is 0 Å². The number of hydrogen-bond acceptors (Lipinski definition) is 3. The summed E-state index contributed by atoms with van der Waals surface area (Å²) in [7, 11) is 0. The second kappa shape index (κ2) is 6.21. The minimum Gasteiger partial charge on any atom is -0.348 e. The minimum absolute atomic E-state index is 0.00675. The fraction of sp³-hybridized carbons (Fsp3) is 0.538. The molecule has 7 heteroatoms. The van der Waals surface area contributed by atoms with Crippen molar-refractivity contribution in [2.75, 3.05) is 13.1 Å². The van der Waals surface area contributed by atoms with Crippen LogP contribution in [0.3, 0.4) is 0 Å². The van der Waals surface area contributed by atoms with E-state index < -0.39 is 11.9 Å². The Hall–Kier alpha value is -1.63. The number of pyridine rings is 1. The van der Waals surface area contributed by atoms with Crippen LogP contribution in [0.1, 0.15) is 35.3 Å². The zero-order valence-electron chi connectivity index (χ0n) is 10.8. The highest BCUT2D eigenvalue weighted by atomic mass is 19.4. The predicted molar refractivity (Wildman–Crippen MR) is 67.2 cm³/mol. The lowest BCUT2D eigenvalue weighted by molar-refractivity contribution is -0.141. The zero-order chi connectivity index (χ0) is 14.6. The number of alkyl halides is 3. The third kappa shape index (κ3) is 3.93. The van der Waals surface area contributed by atoms with Crippen molar-refractivity contribution >= 4 is 5.91 Å². The lowest BCUT2D eigenvalue weighted by Crippen LogP contribution is -2.40. The van der Waals surface area contributed by atoms with Gasteiger partial charge in [-0.25, -0.2) is 0 Å². The Morgan fingerprint density at radius 3 is 2.80 bits per heavy atom. The standard InChI is InChI=1S/C13H16F3N3O/c14-13(15,16)11-5-4-9(7-18-11)12(20)19-10-3-1-2-6-17-8-10/h4-5,7,10,17H,1-3,6,8H2,(H,19,20). The summed E-state index contributed by atoms with van der Waals surface area (Å²) in [5.74, 6) is -0.389. The quantitative estimate of drug-likeness (QED) is 0.874. The van der Waals surface area contributed by atoms with Crippen LogP contribution in [0.4, 0.5) is 13.2 Å². The van der Waals surface area contributed by atoms with E-state index in [1.807, 2.05) is 0 Å². The first-order valence-corrected chi connectivity index (χ1v) is 6.51.